The number of carbonyl (C=O) groups is 1. The molecule has 7 heteroatoms. The third-order valence-electron chi connectivity index (χ3n) is 3.92. The van der Waals surface area contributed by atoms with Gasteiger partial charge in [-0.2, -0.15) is 0 Å². The summed E-state index contributed by atoms with van der Waals surface area (Å²) in [5, 5.41) is 5.95. The number of methoxy groups -OCH3 is 1. The summed E-state index contributed by atoms with van der Waals surface area (Å²) in [5.41, 5.74) is 2.30. The van der Waals surface area contributed by atoms with Crippen LogP contribution in [0.5, 0.6) is 11.5 Å². The van der Waals surface area contributed by atoms with Crippen LogP contribution in [-0.4, -0.2) is 29.1 Å². The average Bonchev–Trinajstić information content (AvgIpc) is 2.69. The topological polar surface area (TPSA) is 85.4 Å². The van der Waals surface area contributed by atoms with Crippen LogP contribution in [0.4, 0.5) is 17.3 Å². The number of anilines is 3. The molecule has 1 heterocycles. The van der Waals surface area contributed by atoms with Gasteiger partial charge in [0.25, 0.3) is 5.91 Å². The first-order valence-corrected chi connectivity index (χ1v) is 9.28. The molecule has 0 aliphatic rings. The van der Waals surface area contributed by atoms with Crippen LogP contribution in [0.1, 0.15) is 30.0 Å². The van der Waals surface area contributed by atoms with Crippen molar-refractivity contribution in [2.24, 2.45) is 0 Å². The Morgan fingerprint density at radius 1 is 1.03 bits per heavy atom. The number of carbonyl (C=O) groups excluding carboxylic acids is 1. The molecule has 0 atom stereocenters. The van der Waals surface area contributed by atoms with E-state index < -0.39 is 0 Å². The second-order valence-electron chi connectivity index (χ2n) is 6.69. The van der Waals surface area contributed by atoms with Crippen molar-refractivity contribution in [3.63, 3.8) is 0 Å². The van der Waals surface area contributed by atoms with Crippen LogP contribution in [0, 0.1) is 6.92 Å². The van der Waals surface area contributed by atoms with Crippen LogP contribution in [0.3, 0.4) is 0 Å². The van der Waals surface area contributed by atoms with E-state index in [0.717, 1.165) is 11.4 Å². The van der Waals surface area contributed by atoms with Crippen molar-refractivity contribution in [3.8, 4) is 11.5 Å². The van der Waals surface area contributed by atoms with Crippen molar-refractivity contribution in [2.45, 2.75) is 26.9 Å². The highest BCUT2D eigenvalue weighted by Crippen LogP contribution is 2.24. The zero-order chi connectivity index (χ0) is 20.8. The highest BCUT2D eigenvalue weighted by Gasteiger charge is 2.13. The van der Waals surface area contributed by atoms with Crippen molar-refractivity contribution in [2.75, 3.05) is 17.7 Å². The fraction of sp³-hybridized carbons (Fsp3) is 0.227. The number of aromatic nitrogens is 2. The standard InChI is InChI=1S/C22H24N4O3/c1-14(2)29-17-11-9-16(10-12-17)24-22-23-15(3)13-19(26-22)21(27)25-18-7-5-6-8-20(18)28-4/h5-14H,1-4H3,(H,25,27)(H,23,24,26). The van der Waals surface area contributed by atoms with Gasteiger partial charge in [-0.15, -0.1) is 0 Å². The van der Waals surface area contributed by atoms with E-state index in [1.807, 2.05) is 57.2 Å². The average molecular weight is 392 g/mol. The minimum absolute atomic E-state index is 0.109. The minimum atomic E-state index is -0.344. The molecule has 0 spiro atoms. The summed E-state index contributed by atoms with van der Waals surface area (Å²) in [5.74, 6) is 1.36. The van der Waals surface area contributed by atoms with Crippen LogP contribution in [0.25, 0.3) is 0 Å². The molecule has 2 aromatic carbocycles. The van der Waals surface area contributed by atoms with E-state index in [1.165, 1.54) is 0 Å². The number of benzene rings is 2. The lowest BCUT2D eigenvalue weighted by molar-refractivity contribution is 0.102. The molecule has 150 valence electrons. The lowest BCUT2D eigenvalue weighted by atomic mass is 10.2. The maximum Gasteiger partial charge on any atom is 0.274 e. The molecule has 0 saturated heterocycles. The van der Waals surface area contributed by atoms with E-state index in [-0.39, 0.29) is 17.7 Å². The predicted octanol–water partition coefficient (Wildman–Crippen LogP) is 4.58. The lowest BCUT2D eigenvalue weighted by Crippen LogP contribution is -2.16. The number of ether oxygens (including phenoxy) is 2. The number of amides is 1. The highest BCUT2D eigenvalue weighted by atomic mass is 16.5. The first-order valence-electron chi connectivity index (χ1n) is 9.28. The van der Waals surface area contributed by atoms with Crippen molar-refractivity contribution in [1.82, 2.24) is 9.97 Å². The predicted molar refractivity (Wildman–Crippen MR) is 113 cm³/mol. The van der Waals surface area contributed by atoms with E-state index in [0.29, 0.717) is 23.1 Å². The SMILES string of the molecule is COc1ccccc1NC(=O)c1cc(C)nc(Nc2ccc(OC(C)C)cc2)n1. The summed E-state index contributed by atoms with van der Waals surface area (Å²) >= 11 is 0. The smallest absolute Gasteiger partial charge is 0.274 e. The molecular formula is C22H24N4O3. The number of hydrogen-bond acceptors (Lipinski definition) is 6. The Hall–Kier alpha value is -3.61. The van der Waals surface area contributed by atoms with Gasteiger partial charge in [0.2, 0.25) is 5.95 Å². The Balaban J connectivity index is 1.76. The Morgan fingerprint density at radius 2 is 1.76 bits per heavy atom. The summed E-state index contributed by atoms with van der Waals surface area (Å²) in [6.45, 7) is 5.76. The first-order chi connectivity index (χ1) is 13.9. The van der Waals surface area contributed by atoms with Gasteiger partial charge in [0, 0.05) is 11.4 Å². The van der Waals surface area contributed by atoms with E-state index in [9.17, 15) is 4.79 Å². The maximum absolute atomic E-state index is 12.7. The van der Waals surface area contributed by atoms with Gasteiger partial charge in [0.05, 0.1) is 18.9 Å². The lowest BCUT2D eigenvalue weighted by Gasteiger charge is -2.12. The van der Waals surface area contributed by atoms with Gasteiger partial charge in [-0.3, -0.25) is 4.79 Å². The molecule has 1 aromatic heterocycles. The van der Waals surface area contributed by atoms with Crippen LogP contribution < -0.4 is 20.1 Å². The van der Waals surface area contributed by atoms with Gasteiger partial charge >= 0.3 is 0 Å². The van der Waals surface area contributed by atoms with Crippen molar-refractivity contribution in [1.29, 1.82) is 0 Å². The molecule has 7 nitrogen and oxygen atoms in total. The van der Waals surface area contributed by atoms with Crippen LogP contribution in [0.2, 0.25) is 0 Å². The monoisotopic (exact) mass is 392 g/mol. The normalized spacial score (nSPS) is 10.5. The van der Waals surface area contributed by atoms with Crippen molar-refractivity contribution < 1.29 is 14.3 Å². The van der Waals surface area contributed by atoms with E-state index in [1.54, 1.807) is 25.3 Å². The van der Waals surface area contributed by atoms with Gasteiger partial charge < -0.3 is 20.1 Å². The molecule has 0 aliphatic heterocycles. The van der Waals surface area contributed by atoms with Gasteiger partial charge in [-0.05, 0) is 63.2 Å². The van der Waals surface area contributed by atoms with E-state index in [4.69, 9.17) is 9.47 Å². The molecule has 0 aliphatic carbocycles. The molecule has 29 heavy (non-hydrogen) atoms. The quantitative estimate of drug-likeness (QED) is 0.612. The van der Waals surface area contributed by atoms with Gasteiger partial charge in [0.15, 0.2) is 0 Å². The zero-order valence-electron chi connectivity index (χ0n) is 16.9. The van der Waals surface area contributed by atoms with Crippen LogP contribution in [-0.2, 0) is 0 Å². The molecule has 0 fully saturated rings. The molecule has 3 aromatic rings. The molecule has 1 amide bonds. The number of rotatable bonds is 7. The van der Waals surface area contributed by atoms with E-state index >= 15 is 0 Å². The number of hydrogen-bond donors (Lipinski definition) is 2. The fourth-order valence-corrected chi connectivity index (χ4v) is 2.69. The Bertz CT molecular complexity index is 988. The summed E-state index contributed by atoms with van der Waals surface area (Å²) in [7, 11) is 1.55. The molecule has 3 rings (SSSR count). The number of para-hydroxylation sites is 2. The molecule has 0 radical (unpaired) electrons. The van der Waals surface area contributed by atoms with Gasteiger partial charge in [-0.1, -0.05) is 12.1 Å². The second-order valence-corrected chi connectivity index (χ2v) is 6.69. The largest absolute Gasteiger partial charge is 0.495 e. The maximum atomic E-state index is 12.7. The van der Waals surface area contributed by atoms with Crippen LogP contribution >= 0.6 is 0 Å². The summed E-state index contributed by atoms with van der Waals surface area (Å²) in [6.07, 6.45) is 0.109. The highest BCUT2D eigenvalue weighted by molar-refractivity contribution is 6.03. The third-order valence-corrected chi connectivity index (χ3v) is 3.92. The third kappa shape index (κ3) is 5.44. The summed E-state index contributed by atoms with van der Waals surface area (Å²) in [4.78, 5) is 21.4. The van der Waals surface area contributed by atoms with Gasteiger partial charge in [0.1, 0.15) is 17.2 Å². The van der Waals surface area contributed by atoms with E-state index in [2.05, 4.69) is 20.6 Å². The van der Waals surface area contributed by atoms with Crippen LogP contribution in [0.15, 0.2) is 54.6 Å². The molecule has 2 N–H and O–H groups in total. The second kappa shape index (κ2) is 9.05. The van der Waals surface area contributed by atoms with Gasteiger partial charge in [-0.25, -0.2) is 9.97 Å². The fourth-order valence-electron chi connectivity index (χ4n) is 2.69. The summed E-state index contributed by atoms with van der Waals surface area (Å²) in [6, 6.07) is 16.3. The molecular weight excluding hydrogens is 368 g/mol. The minimum Gasteiger partial charge on any atom is -0.495 e. The van der Waals surface area contributed by atoms with Crippen molar-refractivity contribution in [3.05, 3.63) is 66.0 Å². The zero-order valence-corrected chi connectivity index (χ0v) is 16.9. The number of nitrogens with zero attached hydrogens (tertiary/aromatic N) is 2. The first kappa shape index (κ1) is 20.1. The number of nitrogens with one attached hydrogen (secondary N) is 2. The summed E-state index contributed by atoms with van der Waals surface area (Å²) < 4.78 is 10.9. The Kier molecular flexibility index (Phi) is 6.29. The molecule has 0 saturated carbocycles. The molecule has 0 unspecified atom stereocenters. The van der Waals surface area contributed by atoms with Crippen molar-refractivity contribution >= 4 is 23.2 Å². The Morgan fingerprint density at radius 3 is 2.45 bits per heavy atom. The molecule has 0 bridgehead atoms. The Labute approximate surface area is 170 Å². The number of aryl methyl sites for hydroxylation is 1.